The van der Waals surface area contributed by atoms with Gasteiger partial charge in [0.15, 0.2) is 0 Å². The van der Waals surface area contributed by atoms with Crippen LogP contribution in [0.1, 0.15) is 11.1 Å². The average Bonchev–Trinajstić information content (AvgIpc) is 2.91. The minimum atomic E-state index is 0.834. The van der Waals surface area contributed by atoms with Crippen LogP contribution in [0.4, 0.5) is 5.69 Å². The molecule has 0 amide bonds. The number of aromatic amines is 1. The van der Waals surface area contributed by atoms with Crippen molar-refractivity contribution in [2.45, 2.75) is 13.1 Å². The molecule has 0 unspecified atom stereocenters. The minimum Gasteiger partial charge on any atom is -0.378 e. The highest BCUT2D eigenvalue weighted by molar-refractivity contribution is 5.79. The Bertz CT molecular complexity index is 713. The first kappa shape index (κ1) is 13.6. The van der Waals surface area contributed by atoms with Crippen LogP contribution in [-0.4, -0.2) is 24.1 Å². The van der Waals surface area contributed by atoms with Gasteiger partial charge < -0.3 is 15.2 Å². The second kappa shape index (κ2) is 5.97. The van der Waals surface area contributed by atoms with E-state index < -0.39 is 0 Å². The third-order valence-electron chi connectivity index (χ3n) is 3.63. The van der Waals surface area contributed by atoms with Gasteiger partial charge in [-0.25, -0.2) is 4.98 Å². The summed E-state index contributed by atoms with van der Waals surface area (Å²) in [5.41, 5.74) is 4.72. The number of aromatic nitrogens is 2. The first-order valence-corrected chi connectivity index (χ1v) is 7.12. The van der Waals surface area contributed by atoms with Crippen molar-refractivity contribution < 1.29 is 0 Å². The lowest BCUT2D eigenvalue weighted by Gasteiger charge is -2.12. The van der Waals surface area contributed by atoms with Gasteiger partial charge in [0.2, 0.25) is 0 Å². The fourth-order valence-electron chi connectivity index (χ4n) is 2.41. The van der Waals surface area contributed by atoms with E-state index in [1.807, 2.05) is 18.5 Å². The molecule has 0 spiro atoms. The monoisotopic (exact) mass is 280 g/mol. The lowest BCUT2D eigenvalue weighted by Crippen LogP contribution is -2.13. The van der Waals surface area contributed by atoms with Gasteiger partial charge in [-0.3, -0.25) is 0 Å². The number of benzene rings is 1. The van der Waals surface area contributed by atoms with Crippen molar-refractivity contribution in [1.29, 1.82) is 0 Å². The van der Waals surface area contributed by atoms with Crippen molar-refractivity contribution in [1.82, 2.24) is 15.3 Å². The molecule has 2 heterocycles. The summed E-state index contributed by atoms with van der Waals surface area (Å²) in [5, 5.41) is 4.67. The molecule has 2 aromatic heterocycles. The van der Waals surface area contributed by atoms with Crippen LogP contribution in [0.15, 0.2) is 48.8 Å². The summed E-state index contributed by atoms with van der Waals surface area (Å²) in [4.78, 5) is 9.61. The third kappa shape index (κ3) is 3.06. The molecule has 0 aliphatic carbocycles. The Morgan fingerprint density at radius 2 is 1.90 bits per heavy atom. The lowest BCUT2D eigenvalue weighted by molar-refractivity contribution is 0.696. The van der Waals surface area contributed by atoms with Gasteiger partial charge in [-0.05, 0) is 35.4 Å². The van der Waals surface area contributed by atoms with Crippen LogP contribution in [0.5, 0.6) is 0 Å². The molecule has 0 fully saturated rings. The topological polar surface area (TPSA) is 44.0 Å². The number of nitrogens with one attached hydrogen (secondary N) is 2. The van der Waals surface area contributed by atoms with Crippen molar-refractivity contribution in [3.63, 3.8) is 0 Å². The molecule has 0 saturated heterocycles. The quantitative estimate of drug-likeness (QED) is 0.755. The molecule has 2 N–H and O–H groups in total. The van der Waals surface area contributed by atoms with Gasteiger partial charge in [-0.2, -0.15) is 0 Å². The standard InChI is InChI=1S/C17H20N4/c1-21(2)15-7-5-13(6-8-15)10-18-11-14-12-20-17-16(14)4-3-9-19-17/h3-9,12,18H,10-11H2,1-2H3,(H,19,20). The van der Waals surface area contributed by atoms with E-state index in [0.29, 0.717) is 0 Å². The Morgan fingerprint density at radius 3 is 2.67 bits per heavy atom. The van der Waals surface area contributed by atoms with Crippen molar-refractivity contribution in [3.8, 4) is 0 Å². The second-order valence-corrected chi connectivity index (χ2v) is 5.38. The molecule has 4 nitrogen and oxygen atoms in total. The SMILES string of the molecule is CN(C)c1ccc(CNCc2c[nH]c3ncccc23)cc1. The van der Waals surface area contributed by atoms with Crippen molar-refractivity contribution >= 4 is 16.7 Å². The highest BCUT2D eigenvalue weighted by Crippen LogP contribution is 2.16. The highest BCUT2D eigenvalue weighted by atomic mass is 15.1. The van der Waals surface area contributed by atoms with E-state index in [2.05, 4.69) is 64.6 Å². The van der Waals surface area contributed by atoms with E-state index in [4.69, 9.17) is 0 Å². The Morgan fingerprint density at radius 1 is 1.10 bits per heavy atom. The number of hydrogen-bond donors (Lipinski definition) is 2. The van der Waals surface area contributed by atoms with Crippen LogP contribution < -0.4 is 10.2 Å². The number of pyridine rings is 1. The summed E-state index contributed by atoms with van der Waals surface area (Å²) in [7, 11) is 4.11. The smallest absolute Gasteiger partial charge is 0.137 e. The molecule has 0 saturated carbocycles. The molecule has 21 heavy (non-hydrogen) atoms. The van der Waals surface area contributed by atoms with Crippen molar-refractivity contribution in [2.75, 3.05) is 19.0 Å². The first-order valence-electron chi connectivity index (χ1n) is 7.12. The lowest BCUT2D eigenvalue weighted by atomic mass is 10.2. The zero-order valence-corrected chi connectivity index (χ0v) is 12.4. The molecular weight excluding hydrogens is 260 g/mol. The Labute approximate surface area is 124 Å². The van der Waals surface area contributed by atoms with Crippen LogP contribution in [0.3, 0.4) is 0 Å². The fraction of sp³-hybridized carbons (Fsp3) is 0.235. The van der Waals surface area contributed by atoms with Crippen molar-refractivity contribution in [3.05, 3.63) is 59.9 Å². The zero-order valence-electron chi connectivity index (χ0n) is 12.4. The van der Waals surface area contributed by atoms with Crippen LogP contribution in [-0.2, 0) is 13.1 Å². The van der Waals surface area contributed by atoms with Crippen LogP contribution >= 0.6 is 0 Å². The molecule has 0 radical (unpaired) electrons. The number of fused-ring (bicyclic) bond motifs is 1. The van der Waals surface area contributed by atoms with Gasteiger partial charge >= 0.3 is 0 Å². The molecule has 3 rings (SSSR count). The largest absolute Gasteiger partial charge is 0.378 e. The molecule has 4 heteroatoms. The third-order valence-corrected chi connectivity index (χ3v) is 3.63. The Balaban J connectivity index is 1.61. The average molecular weight is 280 g/mol. The Kier molecular flexibility index (Phi) is 3.88. The second-order valence-electron chi connectivity index (χ2n) is 5.38. The number of hydrogen-bond acceptors (Lipinski definition) is 3. The molecule has 3 aromatic rings. The fourth-order valence-corrected chi connectivity index (χ4v) is 2.41. The molecule has 0 bridgehead atoms. The molecule has 0 atom stereocenters. The van der Waals surface area contributed by atoms with Crippen LogP contribution in [0.2, 0.25) is 0 Å². The van der Waals surface area contributed by atoms with Crippen LogP contribution in [0, 0.1) is 0 Å². The van der Waals surface area contributed by atoms with E-state index in [-0.39, 0.29) is 0 Å². The van der Waals surface area contributed by atoms with Gasteiger partial charge in [0.1, 0.15) is 5.65 Å². The maximum absolute atomic E-state index is 4.31. The van der Waals surface area contributed by atoms with Crippen LogP contribution in [0.25, 0.3) is 11.0 Å². The zero-order chi connectivity index (χ0) is 14.7. The summed E-state index contributed by atoms with van der Waals surface area (Å²) >= 11 is 0. The predicted octanol–water partition coefficient (Wildman–Crippen LogP) is 2.92. The molecule has 108 valence electrons. The number of anilines is 1. The van der Waals surface area contributed by atoms with Gasteiger partial charge in [0, 0.05) is 50.7 Å². The normalized spacial score (nSPS) is 11.0. The first-order chi connectivity index (χ1) is 10.2. The molecule has 0 aliphatic heterocycles. The summed E-state index contributed by atoms with van der Waals surface area (Å²) in [6.07, 6.45) is 3.84. The minimum absolute atomic E-state index is 0.834. The van der Waals surface area contributed by atoms with E-state index in [9.17, 15) is 0 Å². The van der Waals surface area contributed by atoms with E-state index in [1.165, 1.54) is 22.2 Å². The van der Waals surface area contributed by atoms with E-state index in [1.54, 1.807) is 0 Å². The Hall–Kier alpha value is -2.33. The maximum Gasteiger partial charge on any atom is 0.137 e. The predicted molar refractivity (Wildman–Crippen MR) is 87.4 cm³/mol. The van der Waals surface area contributed by atoms with Gasteiger partial charge in [-0.15, -0.1) is 0 Å². The van der Waals surface area contributed by atoms with Gasteiger partial charge in [-0.1, -0.05) is 12.1 Å². The van der Waals surface area contributed by atoms with Gasteiger partial charge in [0.25, 0.3) is 0 Å². The van der Waals surface area contributed by atoms with Crippen molar-refractivity contribution in [2.24, 2.45) is 0 Å². The molecule has 0 aliphatic rings. The summed E-state index contributed by atoms with van der Waals surface area (Å²) in [6.45, 7) is 1.70. The number of nitrogens with zero attached hydrogens (tertiary/aromatic N) is 2. The summed E-state index contributed by atoms with van der Waals surface area (Å²) in [6, 6.07) is 12.7. The highest BCUT2D eigenvalue weighted by Gasteiger charge is 2.03. The van der Waals surface area contributed by atoms with Gasteiger partial charge in [0.05, 0.1) is 0 Å². The summed E-state index contributed by atoms with van der Waals surface area (Å²) in [5.74, 6) is 0. The maximum atomic E-state index is 4.31. The summed E-state index contributed by atoms with van der Waals surface area (Å²) < 4.78 is 0. The number of H-pyrrole nitrogens is 1. The molecular formula is C17H20N4. The number of rotatable bonds is 5. The molecule has 1 aromatic carbocycles. The van der Waals surface area contributed by atoms with E-state index >= 15 is 0 Å². The van der Waals surface area contributed by atoms with E-state index in [0.717, 1.165) is 18.7 Å².